The molecule has 1 aromatic rings. The van der Waals surface area contributed by atoms with Crippen molar-refractivity contribution in [1.82, 2.24) is 0 Å². The van der Waals surface area contributed by atoms with Crippen LogP contribution in [0.15, 0.2) is 29.7 Å². The van der Waals surface area contributed by atoms with E-state index < -0.39 is 0 Å². The van der Waals surface area contributed by atoms with Crippen LogP contribution in [0.3, 0.4) is 0 Å². The summed E-state index contributed by atoms with van der Waals surface area (Å²) < 4.78 is 0. The van der Waals surface area contributed by atoms with E-state index in [1.807, 2.05) is 11.8 Å². The van der Waals surface area contributed by atoms with Gasteiger partial charge < -0.3 is 0 Å². The van der Waals surface area contributed by atoms with Crippen molar-refractivity contribution in [3.63, 3.8) is 0 Å². The van der Waals surface area contributed by atoms with E-state index in [9.17, 15) is 0 Å². The zero-order valence-electron chi connectivity index (χ0n) is 19.0. The van der Waals surface area contributed by atoms with Crippen molar-refractivity contribution in [3.05, 3.63) is 46.4 Å². The summed E-state index contributed by atoms with van der Waals surface area (Å²) in [5.74, 6) is 2.41. The normalized spacial score (nSPS) is 19.0. The van der Waals surface area contributed by atoms with Crippen molar-refractivity contribution >= 4 is 11.8 Å². The van der Waals surface area contributed by atoms with Crippen molar-refractivity contribution in [2.45, 2.75) is 104 Å². The molecule has 1 heteroatoms. The first-order chi connectivity index (χ1) is 12.6. The highest BCUT2D eigenvalue weighted by Gasteiger charge is 2.37. The maximum absolute atomic E-state index is 4.43. The molecule has 0 heterocycles. The minimum atomic E-state index is 0.296. The first kappa shape index (κ1) is 22.6. The number of benzene rings is 1. The highest BCUT2D eigenvalue weighted by molar-refractivity contribution is 8.03. The summed E-state index contributed by atoms with van der Waals surface area (Å²) in [4.78, 5) is 1.41. The standard InChI is InChI=1S/C26H42S/c1-9-11-21(12-10-2)20(4)27-18-19(3)22-13-14-23-24(17-22)26(7,8)16-15-25(23,5)6/h13-14,17,19,21H,4,9-12,15-16,18H2,1-3,5-8H3. The Bertz CT molecular complexity index is 632. The van der Waals surface area contributed by atoms with Crippen LogP contribution in [0.4, 0.5) is 0 Å². The Kier molecular flexibility index (Phi) is 7.70. The topological polar surface area (TPSA) is 0 Å². The fourth-order valence-corrected chi connectivity index (χ4v) is 5.65. The summed E-state index contributed by atoms with van der Waals surface area (Å²) in [6.07, 6.45) is 7.66. The molecule has 1 aliphatic carbocycles. The molecule has 0 saturated carbocycles. The summed E-state index contributed by atoms with van der Waals surface area (Å²) in [5.41, 5.74) is 5.26. The second-order valence-electron chi connectivity index (χ2n) is 10.0. The van der Waals surface area contributed by atoms with Gasteiger partial charge in [0.05, 0.1) is 0 Å². The zero-order valence-corrected chi connectivity index (χ0v) is 19.8. The predicted octanol–water partition coefficient (Wildman–Crippen LogP) is 8.60. The van der Waals surface area contributed by atoms with Crippen molar-refractivity contribution in [3.8, 4) is 0 Å². The van der Waals surface area contributed by atoms with Crippen LogP contribution in [-0.2, 0) is 10.8 Å². The largest absolute Gasteiger partial charge is 0.130 e. The zero-order chi connectivity index (χ0) is 20.2. The van der Waals surface area contributed by atoms with Gasteiger partial charge in [-0.3, -0.25) is 0 Å². The van der Waals surface area contributed by atoms with Gasteiger partial charge in [0.25, 0.3) is 0 Å². The lowest BCUT2D eigenvalue weighted by Crippen LogP contribution is -2.34. The minimum Gasteiger partial charge on any atom is -0.130 e. The van der Waals surface area contributed by atoms with E-state index in [-0.39, 0.29) is 0 Å². The van der Waals surface area contributed by atoms with E-state index in [4.69, 9.17) is 0 Å². The Hall–Kier alpha value is -0.690. The van der Waals surface area contributed by atoms with E-state index in [2.05, 4.69) is 73.2 Å². The Morgan fingerprint density at radius 2 is 1.56 bits per heavy atom. The minimum absolute atomic E-state index is 0.296. The number of thioether (sulfide) groups is 1. The molecule has 0 aromatic heterocycles. The van der Waals surface area contributed by atoms with Gasteiger partial charge in [-0.05, 0) is 69.9 Å². The number of rotatable bonds is 9. The van der Waals surface area contributed by atoms with E-state index >= 15 is 0 Å². The third kappa shape index (κ3) is 5.43. The van der Waals surface area contributed by atoms with Gasteiger partial charge in [-0.15, -0.1) is 11.8 Å². The monoisotopic (exact) mass is 386 g/mol. The van der Waals surface area contributed by atoms with Gasteiger partial charge in [0.15, 0.2) is 0 Å². The lowest BCUT2D eigenvalue weighted by atomic mass is 9.63. The maximum Gasteiger partial charge on any atom is 0.00430 e. The number of fused-ring (bicyclic) bond motifs is 1. The average molecular weight is 387 g/mol. The average Bonchev–Trinajstić information content (AvgIpc) is 2.63. The first-order valence-corrected chi connectivity index (χ1v) is 12.1. The highest BCUT2D eigenvalue weighted by atomic mass is 32.2. The lowest BCUT2D eigenvalue weighted by molar-refractivity contribution is 0.331. The molecule has 27 heavy (non-hydrogen) atoms. The summed E-state index contributed by atoms with van der Waals surface area (Å²) in [5, 5.41) is 0. The quantitative estimate of drug-likeness (QED) is 0.409. The van der Waals surface area contributed by atoms with Crippen LogP contribution in [0.1, 0.15) is 110 Å². The Morgan fingerprint density at radius 3 is 2.11 bits per heavy atom. The van der Waals surface area contributed by atoms with Crippen LogP contribution in [-0.4, -0.2) is 5.75 Å². The van der Waals surface area contributed by atoms with Crippen LogP contribution in [0.2, 0.25) is 0 Å². The first-order valence-electron chi connectivity index (χ1n) is 11.1. The molecule has 2 rings (SSSR count). The molecule has 0 N–H and O–H groups in total. The molecule has 0 spiro atoms. The molecule has 0 amide bonds. The van der Waals surface area contributed by atoms with Crippen LogP contribution < -0.4 is 0 Å². The fourth-order valence-electron chi connectivity index (χ4n) is 4.52. The van der Waals surface area contributed by atoms with Gasteiger partial charge in [0, 0.05) is 5.75 Å². The fraction of sp³-hybridized carbons (Fsp3) is 0.692. The molecule has 0 saturated heterocycles. The Balaban J connectivity index is 2.11. The Morgan fingerprint density at radius 1 is 1.00 bits per heavy atom. The molecule has 152 valence electrons. The molecular weight excluding hydrogens is 344 g/mol. The van der Waals surface area contributed by atoms with Crippen LogP contribution in [0.25, 0.3) is 0 Å². The van der Waals surface area contributed by atoms with Gasteiger partial charge in [0.2, 0.25) is 0 Å². The smallest absolute Gasteiger partial charge is 0.00430 e. The van der Waals surface area contributed by atoms with Crippen LogP contribution in [0, 0.1) is 5.92 Å². The van der Waals surface area contributed by atoms with Crippen molar-refractivity contribution in [2.75, 3.05) is 5.75 Å². The van der Waals surface area contributed by atoms with Crippen molar-refractivity contribution < 1.29 is 0 Å². The molecular formula is C26H42S. The predicted molar refractivity (Wildman–Crippen MR) is 125 cm³/mol. The third-order valence-electron chi connectivity index (χ3n) is 6.69. The van der Waals surface area contributed by atoms with Crippen molar-refractivity contribution in [1.29, 1.82) is 0 Å². The summed E-state index contributed by atoms with van der Waals surface area (Å²) >= 11 is 2.01. The molecule has 1 atom stereocenters. The molecule has 1 aromatic carbocycles. The van der Waals surface area contributed by atoms with Gasteiger partial charge in [-0.2, -0.15) is 0 Å². The maximum atomic E-state index is 4.43. The summed E-state index contributed by atoms with van der Waals surface area (Å²) in [7, 11) is 0. The SMILES string of the molecule is C=C(SCC(C)c1ccc2c(c1)C(C)(C)CCC2(C)C)C(CCC)CCC. The second-order valence-corrected chi connectivity index (χ2v) is 11.2. The van der Waals surface area contributed by atoms with Gasteiger partial charge in [-0.25, -0.2) is 0 Å². The second kappa shape index (κ2) is 9.21. The number of allylic oxidation sites excluding steroid dienone is 1. The van der Waals surface area contributed by atoms with E-state index in [0.717, 1.165) is 5.75 Å². The summed E-state index contributed by atoms with van der Waals surface area (Å²) in [6, 6.07) is 7.35. The lowest BCUT2D eigenvalue weighted by Gasteiger charge is -2.42. The molecule has 0 nitrogen and oxygen atoms in total. The molecule has 1 unspecified atom stereocenters. The summed E-state index contributed by atoms with van der Waals surface area (Å²) in [6.45, 7) is 21.1. The van der Waals surface area contributed by atoms with Crippen LogP contribution in [0.5, 0.6) is 0 Å². The number of hydrogen-bond acceptors (Lipinski definition) is 1. The van der Waals surface area contributed by atoms with Gasteiger partial charge in [0.1, 0.15) is 0 Å². The molecule has 1 aliphatic rings. The third-order valence-corrected chi connectivity index (χ3v) is 8.07. The van der Waals surface area contributed by atoms with E-state index in [1.165, 1.54) is 49.0 Å². The van der Waals surface area contributed by atoms with E-state index in [0.29, 0.717) is 22.7 Å². The van der Waals surface area contributed by atoms with Crippen molar-refractivity contribution in [2.24, 2.45) is 5.92 Å². The Labute approximate surface area is 173 Å². The highest BCUT2D eigenvalue weighted by Crippen LogP contribution is 2.46. The molecule has 0 aliphatic heterocycles. The number of hydrogen-bond donors (Lipinski definition) is 0. The molecule has 0 bridgehead atoms. The van der Waals surface area contributed by atoms with Gasteiger partial charge >= 0.3 is 0 Å². The van der Waals surface area contributed by atoms with E-state index in [1.54, 1.807) is 11.1 Å². The van der Waals surface area contributed by atoms with Gasteiger partial charge in [-0.1, -0.05) is 86.1 Å². The molecule has 0 radical (unpaired) electrons. The van der Waals surface area contributed by atoms with Crippen LogP contribution >= 0.6 is 11.8 Å². The molecule has 0 fully saturated rings.